The summed E-state index contributed by atoms with van der Waals surface area (Å²) in [5, 5.41) is 10.7. The Hall–Kier alpha value is -0.610. The number of nitrogens with zero attached hydrogens (tertiary/aromatic N) is 1. The standard InChI is InChI=1S/C10H20N2O2/c11-5-4-8-12(9-10(13)14)6-2-1-3-7-12/h1-9,11H2. The fourth-order valence-electron chi connectivity index (χ4n) is 2.34. The quantitative estimate of drug-likeness (QED) is 0.584. The summed E-state index contributed by atoms with van der Waals surface area (Å²) in [6, 6.07) is 0. The third-order valence-electron chi connectivity index (χ3n) is 3.07. The van der Waals surface area contributed by atoms with E-state index in [1.165, 1.54) is 6.42 Å². The highest BCUT2D eigenvalue weighted by Crippen LogP contribution is 2.18. The van der Waals surface area contributed by atoms with Gasteiger partial charge < -0.3 is 20.1 Å². The first-order valence-electron chi connectivity index (χ1n) is 5.43. The summed E-state index contributed by atoms with van der Waals surface area (Å²) >= 11 is 0. The van der Waals surface area contributed by atoms with Crippen LogP contribution in [0.2, 0.25) is 0 Å². The van der Waals surface area contributed by atoms with E-state index in [0.717, 1.165) is 38.9 Å². The number of carbonyl (C=O) groups is 1. The van der Waals surface area contributed by atoms with Crippen LogP contribution in [0.4, 0.5) is 0 Å². The monoisotopic (exact) mass is 200 g/mol. The highest BCUT2D eigenvalue weighted by Gasteiger charge is 2.29. The van der Waals surface area contributed by atoms with Gasteiger partial charge in [-0.05, 0) is 25.8 Å². The van der Waals surface area contributed by atoms with Crippen molar-refractivity contribution >= 4 is 5.97 Å². The molecule has 0 aliphatic carbocycles. The zero-order chi connectivity index (χ0) is 10.4. The molecular weight excluding hydrogens is 180 g/mol. The minimum absolute atomic E-state index is 0.167. The van der Waals surface area contributed by atoms with Gasteiger partial charge in [-0.3, -0.25) is 0 Å². The molecule has 4 heteroatoms. The largest absolute Gasteiger partial charge is 0.544 e. The molecule has 82 valence electrons. The molecular formula is C10H20N2O2. The minimum Gasteiger partial charge on any atom is -0.544 e. The molecule has 0 atom stereocenters. The molecule has 0 aromatic heterocycles. The second-order valence-electron chi connectivity index (χ2n) is 4.25. The van der Waals surface area contributed by atoms with E-state index in [4.69, 9.17) is 5.73 Å². The van der Waals surface area contributed by atoms with Crippen molar-refractivity contribution in [3.8, 4) is 0 Å². The molecule has 0 bridgehead atoms. The van der Waals surface area contributed by atoms with Crippen molar-refractivity contribution in [3.63, 3.8) is 0 Å². The normalized spacial score (nSPS) is 20.6. The topological polar surface area (TPSA) is 66.2 Å². The van der Waals surface area contributed by atoms with Gasteiger partial charge in [0.2, 0.25) is 0 Å². The lowest BCUT2D eigenvalue weighted by atomic mass is 10.1. The van der Waals surface area contributed by atoms with Crippen molar-refractivity contribution in [1.82, 2.24) is 0 Å². The molecule has 0 radical (unpaired) electrons. The van der Waals surface area contributed by atoms with Crippen molar-refractivity contribution < 1.29 is 14.4 Å². The van der Waals surface area contributed by atoms with Gasteiger partial charge in [0.05, 0.1) is 25.6 Å². The molecule has 1 fully saturated rings. The zero-order valence-corrected chi connectivity index (χ0v) is 8.71. The summed E-state index contributed by atoms with van der Waals surface area (Å²) in [5.74, 6) is -0.927. The summed E-state index contributed by atoms with van der Waals surface area (Å²) in [5.41, 5.74) is 5.46. The van der Waals surface area contributed by atoms with E-state index in [0.29, 0.717) is 11.0 Å². The van der Waals surface area contributed by atoms with E-state index in [1.807, 2.05) is 0 Å². The van der Waals surface area contributed by atoms with Gasteiger partial charge in [-0.1, -0.05) is 0 Å². The number of hydrogen-bond acceptors (Lipinski definition) is 3. The number of carboxylic acid groups (broad SMARTS) is 1. The highest BCUT2D eigenvalue weighted by molar-refractivity contribution is 5.65. The zero-order valence-electron chi connectivity index (χ0n) is 8.71. The maximum absolute atomic E-state index is 10.7. The van der Waals surface area contributed by atoms with Crippen molar-refractivity contribution in [2.45, 2.75) is 25.7 Å². The Labute approximate surface area is 85.3 Å². The van der Waals surface area contributed by atoms with E-state index >= 15 is 0 Å². The molecule has 0 spiro atoms. The average molecular weight is 200 g/mol. The lowest BCUT2D eigenvalue weighted by Gasteiger charge is -2.41. The number of carbonyl (C=O) groups excluding carboxylic acids is 1. The first kappa shape index (κ1) is 11.5. The molecule has 4 nitrogen and oxygen atoms in total. The second-order valence-corrected chi connectivity index (χ2v) is 4.25. The maximum atomic E-state index is 10.7. The molecule has 0 unspecified atom stereocenters. The third kappa shape index (κ3) is 3.27. The first-order valence-corrected chi connectivity index (χ1v) is 5.43. The van der Waals surface area contributed by atoms with Crippen LogP contribution in [0, 0.1) is 0 Å². The van der Waals surface area contributed by atoms with Crippen LogP contribution in [-0.4, -0.2) is 43.2 Å². The van der Waals surface area contributed by atoms with Gasteiger partial charge in [0.15, 0.2) is 0 Å². The van der Waals surface area contributed by atoms with E-state index in [1.54, 1.807) is 0 Å². The fourth-order valence-corrected chi connectivity index (χ4v) is 2.34. The van der Waals surface area contributed by atoms with Crippen LogP contribution in [0.25, 0.3) is 0 Å². The van der Waals surface area contributed by atoms with Crippen LogP contribution in [0.1, 0.15) is 25.7 Å². The minimum atomic E-state index is -0.927. The molecule has 1 aliphatic rings. The smallest absolute Gasteiger partial charge is 0.119 e. The number of aliphatic carboxylic acids is 1. The molecule has 0 aromatic rings. The van der Waals surface area contributed by atoms with Gasteiger partial charge in [0, 0.05) is 6.42 Å². The van der Waals surface area contributed by atoms with Gasteiger partial charge in [-0.25, -0.2) is 0 Å². The number of likely N-dealkylation sites (tertiary alicyclic amines) is 1. The molecule has 1 saturated heterocycles. The van der Waals surface area contributed by atoms with Crippen molar-refractivity contribution in [3.05, 3.63) is 0 Å². The van der Waals surface area contributed by atoms with E-state index in [2.05, 4.69) is 0 Å². The Bertz CT molecular complexity index is 189. The molecule has 2 N–H and O–H groups in total. The van der Waals surface area contributed by atoms with Crippen LogP contribution >= 0.6 is 0 Å². The predicted molar refractivity (Wildman–Crippen MR) is 52.3 cm³/mol. The van der Waals surface area contributed by atoms with Gasteiger partial charge in [0.1, 0.15) is 6.54 Å². The fraction of sp³-hybridized carbons (Fsp3) is 0.900. The Morgan fingerprint density at radius 1 is 1.29 bits per heavy atom. The Kier molecular flexibility index (Phi) is 4.35. The molecule has 1 aliphatic heterocycles. The average Bonchev–Trinajstić information content (AvgIpc) is 2.15. The second kappa shape index (κ2) is 5.32. The molecule has 1 rings (SSSR count). The number of rotatable bonds is 5. The molecule has 1 heterocycles. The molecule has 0 aromatic carbocycles. The number of piperidine rings is 1. The SMILES string of the molecule is NCCC[N+]1(CC(=O)[O-])CCCCC1. The van der Waals surface area contributed by atoms with E-state index in [9.17, 15) is 9.90 Å². The number of quaternary nitrogens is 1. The van der Waals surface area contributed by atoms with E-state index < -0.39 is 5.97 Å². The molecule has 0 saturated carbocycles. The number of hydrogen-bond donors (Lipinski definition) is 1. The van der Waals surface area contributed by atoms with Gasteiger partial charge in [0.25, 0.3) is 0 Å². The number of carboxylic acids is 1. The number of nitrogens with two attached hydrogens (primary N) is 1. The van der Waals surface area contributed by atoms with Crippen LogP contribution < -0.4 is 10.8 Å². The highest BCUT2D eigenvalue weighted by atomic mass is 16.4. The van der Waals surface area contributed by atoms with Crippen LogP contribution in [0.15, 0.2) is 0 Å². The lowest BCUT2D eigenvalue weighted by Crippen LogP contribution is -2.57. The van der Waals surface area contributed by atoms with Crippen molar-refractivity contribution in [1.29, 1.82) is 0 Å². The van der Waals surface area contributed by atoms with Crippen molar-refractivity contribution in [2.75, 3.05) is 32.7 Å². The van der Waals surface area contributed by atoms with Gasteiger partial charge in [-0.15, -0.1) is 0 Å². The summed E-state index contributed by atoms with van der Waals surface area (Å²) in [6.07, 6.45) is 4.42. The van der Waals surface area contributed by atoms with E-state index in [-0.39, 0.29) is 6.54 Å². The summed E-state index contributed by atoms with van der Waals surface area (Å²) in [6.45, 7) is 3.67. The van der Waals surface area contributed by atoms with Crippen LogP contribution in [0.3, 0.4) is 0 Å². The first-order chi connectivity index (χ1) is 6.68. The van der Waals surface area contributed by atoms with Crippen LogP contribution in [0.5, 0.6) is 0 Å². The van der Waals surface area contributed by atoms with Gasteiger partial charge in [-0.2, -0.15) is 0 Å². The summed E-state index contributed by atoms with van der Waals surface area (Å²) in [4.78, 5) is 10.7. The van der Waals surface area contributed by atoms with Gasteiger partial charge >= 0.3 is 0 Å². The van der Waals surface area contributed by atoms with Crippen molar-refractivity contribution in [2.24, 2.45) is 5.73 Å². The Morgan fingerprint density at radius 2 is 1.93 bits per heavy atom. The summed E-state index contributed by atoms with van der Waals surface area (Å²) in [7, 11) is 0. The summed E-state index contributed by atoms with van der Waals surface area (Å²) < 4.78 is 0.694. The predicted octanol–water partition coefficient (Wildman–Crippen LogP) is -0.914. The third-order valence-corrected chi connectivity index (χ3v) is 3.07. The lowest BCUT2D eigenvalue weighted by molar-refractivity contribution is -0.927. The molecule has 14 heavy (non-hydrogen) atoms. The Balaban J connectivity index is 2.52. The van der Waals surface area contributed by atoms with Crippen LogP contribution in [-0.2, 0) is 4.79 Å². The Morgan fingerprint density at radius 3 is 2.43 bits per heavy atom. The molecule has 0 amide bonds. The maximum Gasteiger partial charge on any atom is 0.119 e.